The van der Waals surface area contributed by atoms with Crippen molar-refractivity contribution in [1.82, 2.24) is 9.80 Å². The molecule has 19 heavy (non-hydrogen) atoms. The molecule has 6 nitrogen and oxygen atoms in total. The van der Waals surface area contributed by atoms with Crippen LogP contribution in [0.5, 0.6) is 0 Å². The lowest BCUT2D eigenvalue weighted by molar-refractivity contribution is -0.121. The van der Waals surface area contributed by atoms with E-state index in [9.17, 15) is 9.59 Å². The van der Waals surface area contributed by atoms with Gasteiger partial charge in [-0.1, -0.05) is 30.3 Å². The van der Waals surface area contributed by atoms with Gasteiger partial charge in [0.2, 0.25) is 5.91 Å². The van der Waals surface area contributed by atoms with Crippen molar-refractivity contribution in [3.05, 3.63) is 35.9 Å². The molecule has 0 aliphatic carbocycles. The van der Waals surface area contributed by atoms with Crippen LogP contribution in [0, 0.1) is 0 Å². The van der Waals surface area contributed by atoms with Gasteiger partial charge in [0.15, 0.2) is 0 Å². The third-order valence-corrected chi connectivity index (χ3v) is 3.67. The topological polar surface area (TPSA) is 92.7 Å². The van der Waals surface area contributed by atoms with Gasteiger partial charge in [0.05, 0.1) is 6.54 Å². The molecule has 1 fully saturated rings. The molecule has 0 saturated carbocycles. The molecule has 0 radical (unpaired) electrons. The standard InChI is InChI=1S/C13H18N4O2/c1-13(10-5-3-2-4-6-10)16(9-11(14)18)7-8-17(13)12(15)19/h2-6H,7-9H2,1H3,(H2,14,18)(H2,15,19). The Kier molecular flexibility index (Phi) is 3.44. The number of urea groups is 1. The zero-order valence-corrected chi connectivity index (χ0v) is 10.9. The zero-order valence-electron chi connectivity index (χ0n) is 10.9. The minimum absolute atomic E-state index is 0.0924. The molecule has 0 bridgehead atoms. The molecule has 4 N–H and O–H groups in total. The Morgan fingerprint density at radius 2 is 1.84 bits per heavy atom. The Bertz CT molecular complexity index is 491. The molecule has 102 valence electrons. The first-order valence-electron chi connectivity index (χ1n) is 6.12. The highest BCUT2D eigenvalue weighted by atomic mass is 16.2. The highest BCUT2D eigenvalue weighted by Crippen LogP contribution is 2.36. The maximum Gasteiger partial charge on any atom is 0.316 e. The van der Waals surface area contributed by atoms with Gasteiger partial charge in [0.1, 0.15) is 5.66 Å². The zero-order chi connectivity index (χ0) is 14.0. The smallest absolute Gasteiger partial charge is 0.316 e. The average molecular weight is 262 g/mol. The van der Waals surface area contributed by atoms with Gasteiger partial charge in [-0.05, 0) is 12.5 Å². The van der Waals surface area contributed by atoms with Crippen molar-refractivity contribution in [2.24, 2.45) is 11.5 Å². The van der Waals surface area contributed by atoms with Gasteiger partial charge in [0.25, 0.3) is 0 Å². The largest absolute Gasteiger partial charge is 0.369 e. The summed E-state index contributed by atoms with van der Waals surface area (Å²) in [6.07, 6.45) is 0. The van der Waals surface area contributed by atoms with E-state index >= 15 is 0 Å². The predicted octanol–water partition coefficient (Wildman–Crippen LogP) is 0.0409. The van der Waals surface area contributed by atoms with E-state index in [-0.39, 0.29) is 6.54 Å². The minimum Gasteiger partial charge on any atom is -0.369 e. The van der Waals surface area contributed by atoms with E-state index in [1.54, 1.807) is 4.90 Å². The first kappa shape index (κ1) is 13.4. The lowest BCUT2D eigenvalue weighted by atomic mass is 9.99. The highest BCUT2D eigenvalue weighted by Gasteiger charge is 2.46. The van der Waals surface area contributed by atoms with E-state index < -0.39 is 17.6 Å². The summed E-state index contributed by atoms with van der Waals surface area (Å²) < 4.78 is 0. The molecule has 1 aliphatic heterocycles. The Hall–Kier alpha value is -2.08. The van der Waals surface area contributed by atoms with E-state index in [0.717, 1.165) is 5.56 Å². The molecule has 1 aromatic rings. The number of carbonyl (C=O) groups is 2. The van der Waals surface area contributed by atoms with E-state index in [2.05, 4.69) is 0 Å². The third-order valence-electron chi connectivity index (χ3n) is 3.67. The number of benzene rings is 1. The number of nitrogens with zero attached hydrogens (tertiary/aromatic N) is 2. The van der Waals surface area contributed by atoms with E-state index in [1.165, 1.54) is 0 Å². The SMILES string of the molecule is CC1(c2ccccc2)N(CC(N)=O)CCN1C(N)=O. The van der Waals surface area contributed by atoms with Crippen LogP contribution in [0.3, 0.4) is 0 Å². The molecular formula is C13H18N4O2. The summed E-state index contributed by atoms with van der Waals surface area (Å²) in [4.78, 5) is 26.3. The summed E-state index contributed by atoms with van der Waals surface area (Å²) >= 11 is 0. The summed E-state index contributed by atoms with van der Waals surface area (Å²) in [5, 5.41) is 0. The number of amides is 3. The van der Waals surface area contributed by atoms with Crippen LogP contribution in [-0.2, 0) is 10.5 Å². The lowest BCUT2D eigenvalue weighted by Gasteiger charge is -2.40. The van der Waals surface area contributed by atoms with Crippen LogP contribution in [0.15, 0.2) is 30.3 Å². The quantitative estimate of drug-likeness (QED) is 0.805. The fourth-order valence-electron chi connectivity index (χ4n) is 2.67. The summed E-state index contributed by atoms with van der Waals surface area (Å²) in [6, 6.07) is 9.00. The number of primary amides is 2. The van der Waals surface area contributed by atoms with Crippen molar-refractivity contribution in [2.75, 3.05) is 19.6 Å². The first-order valence-corrected chi connectivity index (χ1v) is 6.12. The number of hydrogen-bond donors (Lipinski definition) is 2. The average Bonchev–Trinajstić information content (AvgIpc) is 2.69. The van der Waals surface area contributed by atoms with E-state index in [0.29, 0.717) is 13.1 Å². The monoisotopic (exact) mass is 262 g/mol. The van der Waals surface area contributed by atoms with Crippen LogP contribution in [0.1, 0.15) is 12.5 Å². The second kappa shape index (κ2) is 4.89. The van der Waals surface area contributed by atoms with Crippen molar-refractivity contribution in [1.29, 1.82) is 0 Å². The first-order chi connectivity index (χ1) is 8.96. The molecule has 2 rings (SSSR count). The van der Waals surface area contributed by atoms with Crippen molar-refractivity contribution in [3.63, 3.8) is 0 Å². The van der Waals surface area contributed by atoms with Gasteiger partial charge in [-0.2, -0.15) is 0 Å². The van der Waals surface area contributed by atoms with Gasteiger partial charge in [0, 0.05) is 13.1 Å². The molecule has 3 amide bonds. The summed E-state index contributed by atoms with van der Waals surface area (Å²) in [5.74, 6) is -0.423. The molecule has 1 unspecified atom stereocenters. The Balaban J connectivity index is 2.43. The van der Waals surface area contributed by atoms with Gasteiger partial charge in [-0.15, -0.1) is 0 Å². The van der Waals surface area contributed by atoms with Crippen LogP contribution in [0.2, 0.25) is 0 Å². The van der Waals surface area contributed by atoms with Gasteiger partial charge in [-0.3, -0.25) is 9.69 Å². The maximum absolute atomic E-state index is 11.6. The number of hydrogen-bond acceptors (Lipinski definition) is 3. The Morgan fingerprint density at radius 1 is 1.21 bits per heavy atom. The Labute approximate surface area is 112 Å². The van der Waals surface area contributed by atoms with Crippen LogP contribution in [-0.4, -0.2) is 41.4 Å². The van der Waals surface area contributed by atoms with Gasteiger partial charge < -0.3 is 16.4 Å². The lowest BCUT2D eigenvalue weighted by Crippen LogP contribution is -2.53. The second-order valence-corrected chi connectivity index (χ2v) is 4.76. The van der Waals surface area contributed by atoms with Gasteiger partial charge >= 0.3 is 6.03 Å². The van der Waals surface area contributed by atoms with Crippen molar-refractivity contribution >= 4 is 11.9 Å². The molecule has 1 atom stereocenters. The fraction of sp³-hybridized carbons (Fsp3) is 0.385. The number of nitrogens with two attached hydrogens (primary N) is 2. The molecule has 1 heterocycles. The molecule has 1 aliphatic rings. The summed E-state index contributed by atoms with van der Waals surface area (Å²) in [6.45, 7) is 3.02. The van der Waals surface area contributed by atoms with Crippen molar-refractivity contribution < 1.29 is 9.59 Å². The molecule has 1 saturated heterocycles. The Morgan fingerprint density at radius 3 is 2.37 bits per heavy atom. The van der Waals surface area contributed by atoms with Crippen molar-refractivity contribution in [2.45, 2.75) is 12.6 Å². The van der Waals surface area contributed by atoms with E-state index in [4.69, 9.17) is 11.5 Å². The number of rotatable bonds is 3. The highest BCUT2D eigenvalue weighted by molar-refractivity contribution is 5.77. The number of carbonyl (C=O) groups excluding carboxylic acids is 2. The molecule has 0 spiro atoms. The molecular weight excluding hydrogens is 244 g/mol. The van der Waals surface area contributed by atoms with Crippen LogP contribution in [0.4, 0.5) is 4.79 Å². The predicted molar refractivity (Wildman–Crippen MR) is 70.9 cm³/mol. The second-order valence-electron chi connectivity index (χ2n) is 4.76. The fourth-order valence-corrected chi connectivity index (χ4v) is 2.67. The summed E-state index contributed by atoms with van der Waals surface area (Å²) in [5.41, 5.74) is 10.9. The molecule has 0 aromatic heterocycles. The van der Waals surface area contributed by atoms with Crippen LogP contribution >= 0.6 is 0 Å². The normalized spacial score (nSPS) is 23.5. The molecule has 6 heteroatoms. The van der Waals surface area contributed by atoms with Crippen LogP contribution in [0.25, 0.3) is 0 Å². The third kappa shape index (κ3) is 2.26. The maximum atomic E-state index is 11.6. The molecule has 1 aromatic carbocycles. The van der Waals surface area contributed by atoms with Gasteiger partial charge in [-0.25, -0.2) is 4.79 Å². The van der Waals surface area contributed by atoms with E-state index in [1.807, 2.05) is 42.2 Å². The summed E-state index contributed by atoms with van der Waals surface area (Å²) in [7, 11) is 0. The van der Waals surface area contributed by atoms with Crippen molar-refractivity contribution in [3.8, 4) is 0 Å². The van der Waals surface area contributed by atoms with Crippen LogP contribution < -0.4 is 11.5 Å². The minimum atomic E-state index is -0.734.